The number of carbonyl (C=O) groups excluding carboxylic acids is 1. The number of para-hydroxylation sites is 1. The van der Waals surface area contributed by atoms with Crippen LogP contribution in [-0.4, -0.2) is 20.2 Å². The van der Waals surface area contributed by atoms with Gasteiger partial charge in [-0.3, -0.25) is 0 Å². The van der Waals surface area contributed by atoms with Gasteiger partial charge >= 0.3 is 5.97 Å². The van der Waals surface area contributed by atoms with E-state index in [0.29, 0.717) is 28.4 Å². The summed E-state index contributed by atoms with van der Waals surface area (Å²) in [5, 5.41) is 0. The molecule has 0 spiro atoms. The summed E-state index contributed by atoms with van der Waals surface area (Å²) in [4.78, 5) is 12.1. The zero-order chi connectivity index (χ0) is 14.8. The summed E-state index contributed by atoms with van der Waals surface area (Å²) in [5.41, 5.74) is 1.96. The number of methoxy groups -OCH3 is 2. The van der Waals surface area contributed by atoms with Crippen LogP contribution in [0, 0.1) is 0 Å². The number of rotatable bonds is 2. The van der Waals surface area contributed by atoms with Gasteiger partial charge in [0.15, 0.2) is 0 Å². The molecule has 0 N–H and O–H groups in total. The van der Waals surface area contributed by atoms with Gasteiger partial charge in [0.2, 0.25) is 0 Å². The average Bonchev–Trinajstić information content (AvgIpc) is 2.69. The lowest BCUT2D eigenvalue weighted by Crippen LogP contribution is -2.04. The number of fused-ring (bicyclic) bond motifs is 2. The number of benzene rings is 2. The van der Waals surface area contributed by atoms with Crippen molar-refractivity contribution in [2.24, 2.45) is 0 Å². The van der Waals surface area contributed by atoms with Crippen LogP contribution in [0.4, 0.5) is 0 Å². The minimum atomic E-state index is -0.401. The van der Waals surface area contributed by atoms with Crippen LogP contribution in [0.1, 0.15) is 11.1 Å². The molecule has 21 heavy (non-hydrogen) atoms. The molecule has 0 bridgehead atoms. The fourth-order valence-electron chi connectivity index (χ4n) is 2.26. The first-order chi connectivity index (χ1) is 10.2. The largest absolute Gasteiger partial charge is 0.497 e. The second-order valence-electron chi connectivity index (χ2n) is 4.55. The van der Waals surface area contributed by atoms with E-state index in [1.807, 2.05) is 24.3 Å². The molecule has 2 aromatic rings. The molecule has 0 saturated carbocycles. The summed E-state index contributed by atoms with van der Waals surface area (Å²) in [7, 11) is 2.95. The molecule has 0 atom stereocenters. The van der Waals surface area contributed by atoms with Gasteiger partial charge in [0.1, 0.15) is 17.2 Å². The number of hydrogen-bond acceptors (Lipinski definition) is 4. The SMILES string of the molecule is COC(=O)C1=Cc2ccccc2Oc2cc(OC)ccc21. The highest BCUT2D eigenvalue weighted by Gasteiger charge is 2.22. The number of hydrogen-bond donors (Lipinski definition) is 0. The molecule has 0 radical (unpaired) electrons. The van der Waals surface area contributed by atoms with Crippen LogP contribution in [0.5, 0.6) is 17.2 Å². The second-order valence-corrected chi connectivity index (χ2v) is 4.55. The van der Waals surface area contributed by atoms with Gasteiger partial charge < -0.3 is 14.2 Å². The molecule has 4 nitrogen and oxygen atoms in total. The number of esters is 1. The molecule has 0 unspecified atom stereocenters. The molecule has 0 aromatic heterocycles. The Morgan fingerprint density at radius 1 is 1.05 bits per heavy atom. The predicted molar refractivity (Wildman–Crippen MR) is 79.4 cm³/mol. The molecule has 3 rings (SSSR count). The van der Waals surface area contributed by atoms with E-state index in [2.05, 4.69) is 0 Å². The molecule has 0 amide bonds. The Labute approximate surface area is 122 Å². The normalized spacial score (nSPS) is 12.2. The lowest BCUT2D eigenvalue weighted by atomic mass is 10.0. The van der Waals surface area contributed by atoms with Gasteiger partial charge in [0.25, 0.3) is 0 Å². The Bertz CT molecular complexity index is 731. The predicted octanol–water partition coefficient (Wildman–Crippen LogP) is 3.51. The summed E-state index contributed by atoms with van der Waals surface area (Å²) < 4.78 is 16.0. The standard InChI is InChI=1S/C17H14O4/c1-19-12-7-8-13-14(17(18)20-2)9-11-5-3-4-6-15(11)21-16(13)10-12/h3-10H,1-2H3. The summed E-state index contributed by atoms with van der Waals surface area (Å²) in [5.74, 6) is 1.51. The van der Waals surface area contributed by atoms with E-state index in [1.165, 1.54) is 7.11 Å². The molecule has 4 heteroatoms. The lowest BCUT2D eigenvalue weighted by molar-refractivity contribution is -0.133. The van der Waals surface area contributed by atoms with E-state index < -0.39 is 5.97 Å². The maximum atomic E-state index is 12.1. The van der Waals surface area contributed by atoms with Crippen molar-refractivity contribution in [3.05, 3.63) is 53.6 Å². The van der Waals surface area contributed by atoms with Crippen LogP contribution < -0.4 is 9.47 Å². The Hall–Kier alpha value is -2.75. The van der Waals surface area contributed by atoms with Crippen molar-refractivity contribution in [3.8, 4) is 17.2 Å². The van der Waals surface area contributed by atoms with Gasteiger partial charge in [0, 0.05) is 17.2 Å². The third-order valence-electron chi connectivity index (χ3n) is 3.32. The van der Waals surface area contributed by atoms with Crippen molar-refractivity contribution in [2.45, 2.75) is 0 Å². The van der Waals surface area contributed by atoms with E-state index in [9.17, 15) is 4.79 Å². The first-order valence-corrected chi connectivity index (χ1v) is 6.48. The van der Waals surface area contributed by atoms with Crippen molar-refractivity contribution in [1.29, 1.82) is 0 Å². The van der Waals surface area contributed by atoms with Crippen LogP contribution in [0.15, 0.2) is 42.5 Å². The number of ether oxygens (including phenoxy) is 3. The zero-order valence-corrected chi connectivity index (χ0v) is 11.8. The fourth-order valence-corrected chi connectivity index (χ4v) is 2.26. The molecule has 0 aliphatic carbocycles. The number of carbonyl (C=O) groups is 1. The van der Waals surface area contributed by atoms with Crippen molar-refractivity contribution in [1.82, 2.24) is 0 Å². The maximum Gasteiger partial charge on any atom is 0.338 e. The highest BCUT2D eigenvalue weighted by atomic mass is 16.5. The third-order valence-corrected chi connectivity index (χ3v) is 3.32. The van der Waals surface area contributed by atoms with Crippen molar-refractivity contribution in [3.63, 3.8) is 0 Å². The smallest absolute Gasteiger partial charge is 0.338 e. The molecule has 0 saturated heterocycles. The van der Waals surface area contributed by atoms with Gasteiger partial charge in [0.05, 0.1) is 19.8 Å². The first kappa shape index (κ1) is 13.2. The van der Waals surface area contributed by atoms with E-state index in [0.717, 1.165) is 5.56 Å². The highest BCUT2D eigenvalue weighted by Crippen LogP contribution is 2.39. The molecule has 1 heterocycles. The van der Waals surface area contributed by atoms with Crippen molar-refractivity contribution in [2.75, 3.05) is 14.2 Å². The zero-order valence-electron chi connectivity index (χ0n) is 11.8. The van der Waals surface area contributed by atoms with Crippen LogP contribution in [0.25, 0.3) is 11.6 Å². The average molecular weight is 282 g/mol. The van der Waals surface area contributed by atoms with Gasteiger partial charge in [-0.05, 0) is 24.3 Å². The van der Waals surface area contributed by atoms with Gasteiger partial charge in [-0.1, -0.05) is 18.2 Å². The summed E-state index contributed by atoms with van der Waals surface area (Å²) in [6, 6.07) is 12.9. The lowest BCUT2D eigenvalue weighted by Gasteiger charge is -2.11. The van der Waals surface area contributed by atoms with Crippen LogP contribution in [0.3, 0.4) is 0 Å². The third kappa shape index (κ3) is 2.36. The Morgan fingerprint density at radius 2 is 1.86 bits per heavy atom. The molecule has 1 aliphatic heterocycles. The van der Waals surface area contributed by atoms with Gasteiger partial charge in [-0.15, -0.1) is 0 Å². The molecule has 0 fully saturated rings. The quantitative estimate of drug-likeness (QED) is 0.791. The fraction of sp³-hybridized carbons (Fsp3) is 0.118. The molecule has 106 valence electrons. The van der Waals surface area contributed by atoms with E-state index in [4.69, 9.17) is 14.2 Å². The van der Waals surface area contributed by atoms with Crippen molar-refractivity contribution < 1.29 is 19.0 Å². The summed E-state index contributed by atoms with van der Waals surface area (Å²) >= 11 is 0. The topological polar surface area (TPSA) is 44.8 Å². The Kier molecular flexibility index (Phi) is 3.36. The van der Waals surface area contributed by atoms with Crippen LogP contribution in [0.2, 0.25) is 0 Å². The Balaban J connectivity index is 2.23. The minimum absolute atomic E-state index is 0.401. The molecule has 1 aliphatic rings. The van der Waals surface area contributed by atoms with E-state index in [-0.39, 0.29) is 0 Å². The van der Waals surface area contributed by atoms with Gasteiger partial charge in [-0.25, -0.2) is 4.79 Å². The van der Waals surface area contributed by atoms with E-state index in [1.54, 1.807) is 31.4 Å². The highest BCUT2D eigenvalue weighted by molar-refractivity contribution is 6.22. The van der Waals surface area contributed by atoms with Crippen LogP contribution >= 0.6 is 0 Å². The molecular formula is C17H14O4. The first-order valence-electron chi connectivity index (χ1n) is 6.48. The molecule has 2 aromatic carbocycles. The van der Waals surface area contributed by atoms with Gasteiger partial charge in [-0.2, -0.15) is 0 Å². The van der Waals surface area contributed by atoms with E-state index >= 15 is 0 Å². The van der Waals surface area contributed by atoms with Crippen molar-refractivity contribution >= 4 is 17.6 Å². The Morgan fingerprint density at radius 3 is 2.62 bits per heavy atom. The minimum Gasteiger partial charge on any atom is -0.497 e. The summed E-state index contributed by atoms with van der Waals surface area (Å²) in [6.45, 7) is 0. The van der Waals surface area contributed by atoms with Crippen LogP contribution in [-0.2, 0) is 9.53 Å². The second kappa shape index (κ2) is 5.32. The summed E-state index contributed by atoms with van der Waals surface area (Å²) in [6.07, 6.45) is 1.78. The molecular weight excluding hydrogens is 268 g/mol. The monoisotopic (exact) mass is 282 g/mol. The maximum absolute atomic E-state index is 12.1.